The molecular weight excluding hydrogens is 274 g/mol. The third-order valence-corrected chi connectivity index (χ3v) is 2.69. The van der Waals surface area contributed by atoms with Crippen LogP contribution in [-0.2, 0) is 9.59 Å². The van der Waals surface area contributed by atoms with Crippen LogP contribution in [0.5, 0.6) is 5.75 Å². The summed E-state index contributed by atoms with van der Waals surface area (Å²) in [5.74, 6) is -3.05. The molecule has 0 aliphatic heterocycles. The Kier molecular flexibility index (Phi) is 6.61. The smallest absolute Gasteiger partial charge is 0.372 e. The van der Waals surface area contributed by atoms with Crippen LogP contribution in [0.15, 0.2) is 24.3 Å². The Morgan fingerprint density at radius 2 is 1.90 bits per heavy atom. The summed E-state index contributed by atoms with van der Waals surface area (Å²) >= 11 is 0. The van der Waals surface area contributed by atoms with Crippen molar-refractivity contribution in [1.29, 1.82) is 5.26 Å². The van der Waals surface area contributed by atoms with Gasteiger partial charge in [0.2, 0.25) is 5.78 Å². The van der Waals surface area contributed by atoms with Crippen LogP contribution < -0.4 is 4.74 Å². The van der Waals surface area contributed by atoms with Crippen LogP contribution in [0.25, 0.3) is 0 Å². The second-order valence-electron chi connectivity index (χ2n) is 4.29. The molecule has 6 nitrogen and oxygen atoms in total. The quantitative estimate of drug-likeness (QED) is 0.322. The van der Waals surface area contributed by atoms with Crippen molar-refractivity contribution in [3.8, 4) is 11.8 Å². The molecule has 0 bridgehead atoms. The highest BCUT2D eigenvalue weighted by atomic mass is 16.5. The van der Waals surface area contributed by atoms with Gasteiger partial charge in [0.15, 0.2) is 5.78 Å². The summed E-state index contributed by atoms with van der Waals surface area (Å²) in [6, 6.07) is 8.39. The van der Waals surface area contributed by atoms with Gasteiger partial charge in [-0.2, -0.15) is 5.26 Å². The van der Waals surface area contributed by atoms with Crippen molar-refractivity contribution in [2.75, 3.05) is 6.61 Å². The second kappa shape index (κ2) is 8.48. The Labute approximate surface area is 122 Å². The number of aliphatic carboxylic acids is 1. The van der Waals surface area contributed by atoms with Gasteiger partial charge in [-0.15, -0.1) is 0 Å². The number of ketones is 2. The molecule has 1 aromatic carbocycles. The van der Waals surface area contributed by atoms with E-state index in [2.05, 4.69) is 0 Å². The number of ether oxygens (including phenoxy) is 1. The van der Waals surface area contributed by atoms with E-state index >= 15 is 0 Å². The van der Waals surface area contributed by atoms with Gasteiger partial charge in [0.25, 0.3) is 0 Å². The van der Waals surface area contributed by atoms with Crippen molar-refractivity contribution in [1.82, 2.24) is 0 Å². The fraction of sp³-hybridized carbons (Fsp3) is 0.333. The van der Waals surface area contributed by atoms with Gasteiger partial charge in [0.1, 0.15) is 5.75 Å². The Morgan fingerprint density at radius 3 is 2.57 bits per heavy atom. The molecule has 110 valence electrons. The summed E-state index contributed by atoms with van der Waals surface area (Å²) < 4.78 is 5.46. The molecule has 0 amide bonds. The minimum Gasteiger partial charge on any atom is -0.493 e. The number of Topliss-reactive ketones (excluding diaryl/α,β-unsaturated/α-hetero) is 2. The van der Waals surface area contributed by atoms with Crippen molar-refractivity contribution in [3.05, 3.63) is 29.8 Å². The van der Waals surface area contributed by atoms with Gasteiger partial charge >= 0.3 is 5.97 Å². The summed E-state index contributed by atoms with van der Waals surface area (Å²) in [6.45, 7) is 0.346. The molecule has 0 atom stereocenters. The van der Waals surface area contributed by atoms with Crippen molar-refractivity contribution < 1.29 is 24.2 Å². The van der Waals surface area contributed by atoms with Gasteiger partial charge in [-0.1, -0.05) is 12.1 Å². The third-order valence-electron chi connectivity index (χ3n) is 2.69. The molecule has 1 rings (SSSR count). The number of unbranched alkanes of at least 4 members (excludes halogenated alkanes) is 2. The molecule has 0 aliphatic rings. The van der Waals surface area contributed by atoms with Gasteiger partial charge in [-0.05, 0) is 25.0 Å². The predicted octanol–water partition coefficient (Wildman–Crippen LogP) is 1.99. The van der Waals surface area contributed by atoms with E-state index in [1.165, 1.54) is 6.07 Å². The number of nitrogens with zero attached hydrogens (tertiary/aromatic N) is 1. The van der Waals surface area contributed by atoms with Crippen LogP contribution in [0, 0.1) is 11.3 Å². The average Bonchev–Trinajstić information content (AvgIpc) is 2.47. The summed E-state index contributed by atoms with van der Waals surface area (Å²) in [7, 11) is 0. The molecule has 0 fully saturated rings. The first kappa shape index (κ1) is 16.4. The molecule has 0 aliphatic carbocycles. The van der Waals surface area contributed by atoms with E-state index in [4.69, 9.17) is 15.1 Å². The number of benzene rings is 1. The molecule has 0 spiro atoms. The standard InChI is InChI=1S/C15H15NO5/c16-8-4-1-5-9-21-14-7-3-2-6-11(14)12(17)10-13(18)15(19)20/h2-3,6-7H,1,4-5,9-10H2,(H,19,20). The molecule has 1 aromatic rings. The Hall–Kier alpha value is -2.68. The maximum absolute atomic E-state index is 11.9. The van der Waals surface area contributed by atoms with E-state index < -0.39 is 24.0 Å². The lowest BCUT2D eigenvalue weighted by Crippen LogP contribution is -2.17. The van der Waals surface area contributed by atoms with Crippen LogP contribution in [0.4, 0.5) is 0 Å². The van der Waals surface area contributed by atoms with Crippen molar-refractivity contribution in [3.63, 3.8) is 0 Å². The number of rotatable bonds is 9. The highest BCUT2D eigenvalue weighted by Gasteiger charge is 2.20. The van der Waals surface area contributed by atoms with Gasteiger partial charge in [-0.3, -0.25) is 9.59 Å². The lowest BCUT2D eigenvalue weighted by molar-refractivity contribution is -0.148. The molecule has 6 heteroatoms. The Morgan fingerprint density at radius 1 is 1.19 bits per heavy atom. The second-order valence-corrected chi connectivity index (χ2v) is 4.29. The number of carboxylic acid groups (broad SMARTS) is 1. The summed E-state index contributed by atoms with van der Waals surface area (Å²) in [4.78, 5) is 33.5. The highest BCUT2D eigenvalue weighted by molar-refractivity contribution is 6.37. The molecule has 0 radical (unpaired) electrons. The van der Waals surface area contributed by atoms with E-state index in [1.54, 1.807) is 18.2 Å². The fourth-order valence-electron chi connectivity index (χ4n) is 1.63. The summed E-state index contributed by atoms with van der Waals surface area (Å²) in [5.41, 5.74) is 0.187. The van der Waals surface area contributed by atoms with Crippen LogP contribution in [0.1, 0.15) is 36.0 Å². The molecule has 21 heavy (non-hydrogen) atoms. The first-order chi connectivity index (χ1) is 10.1. The third kappa shape index (κ3) is 5.45. The normalized spacial score (nSPS) is 9.67. The lowest BCUT2D eigenvalue weighted by Gasteiger charge is -2.09. The zero-order chi connectivity index (χ0) is 15.7. The predicted molar refractivity (Wildman–Crippen MR) is 73.0 cm³/mol. The SMILES string of the molecule is N#CCCCCOc1ccccc1C(=O)CC(=O)C(=O)O. The van der Waals surface area contributed by atoms with Crippen LogP contribution in [-0.4, -0.2) is 29.2 Å². The number of carbonyl (C=O) groups excluding carboxylic acids is 2. The van der Waals surface area contributed by atoms with Gasteiger partial charge < -0.3 is 9.84 Å². The van der Waals surface area contributed by atoms with Crippen LogP contribution in [0.2, 0.25) is 0 Å². The zero-order valence-electron chi connectivity index (χ0n) is 11.4. The minimum absolute atomic E-state index is 0.187. The molecule has 1 N–H and O–H groups in total. The van der Waals surface area contributed by atoms with E-state index in [0.717, 1.165) is 0 Å². The molecule has 0 aromatic heterocycles. The Balaban J connectivity index is 2.66. The number of para-hydroxylation sites is 1. The van der Waals surface area contributed by atoms with Gasteiger partial charge in [0, 0.05) is 6.42 Å². The first-order valence-corrected chi connectivity index (χ1v) is 6.44. The van der Waals surface area contributed by atoms with Crippen LogP contribution in [0.3, 0.4) is 0 Å². The molecular formula is C15H15NO5. The monoisotopic (exact) mass is 289 g/mol. The number of carbonyl (C=O) groups is 3. The largest absolute Gasteiger partial charge is 0.493 e. The molecule has 0 unspecified atom stereocenters. The molecule has 0 heterocycles. The Bertz CT molecular complexity index is 574. The average molecular weight is 289 g/mol. The van der Waals surface area contributed by atoms with E-state index in [9.17, 15) is 14.4 Å². The van der Waals surface area contributed by atoms with E-state index in [1.807, 2.05) is 6.07 Å². The summed E-state index contributed by atoms with van der Waals surface area (Å²) in [6.07, 6.45) is 1.12. The highest BCUT2D eigenvalue weighted by Crippen LogP contribution is 2.20. The van der Waals surface area contributed by atoms with Crippen molar-refractivity contribution in [2.24, 2.45) is 0 Å². The van der Waals surface area contributed by atoms with E-state index in [0.29, 0.717) is 31.6 Å². The van der Waals surface area contributed by atoms with E-state index in [-0.39, 0.29) is 5.56 Å². The lowest BCUT2D eigenvalue weighted by atomic mass is 10.1. The van der Waals surface area contributed by atoms with Gasteiger partial charge in [-0.25, -0.2) is 4.79 Å². The van der Waals surface area contributed by atoms with Gasteiger partial charge in [0.05, 0.1) is 24.7 Å². The first-order valence-electron chi connectivity index (χ1n) is 6.44. The maximum atomic E-state index is 11.9. The minimum atomic E-state index is -1.63. The maximum Gasteiger partial charge on any atom is 0.372 e. The fourth-order valence-corrected chi connectivity index (χ4v) is 1.63. The number of carboxylic acids is 1. The molecule has 0 saturated carbocycles. The van der Waals surface area contributed by atoms with Crippen LogP contribution >= 0.6 is 0 Å². The number of hydrogen-bond donors (Lipinski definition) is 1. The number of nitriles is 1. The summed E-state index contributed by atoms with van der Waals surface area (Å²) in [5, 5.41) is 16.9. The molecule has 0 saturated heterocycles. The van der Waals surface area contributed by atoms with Crippen molar-refractivity contribution >= 4 is 17.5 Å². The topological polar surface area (TPSA) is 104 Å². The number of hydrogen-bond acceptors (Lipinski definition) is 5. The van der Waals surface area contributed by atoms with Crippen molar-refractivity contribution in [2.45, 2.75) is 25.7 Å². The zero-order valence-corrected chi connectivity index (χ0v) is 11.4.